The second-order valence-electron chi connectivity index (χ2n) is 11.8. The Hall–Kier alpha value is -5.14. The first-order valence-corrected chi connectivity index (χ1v) is 16.0. The molecular weight excluding hydrogens is 542 g/mol. The molecule has 0 unspecified atom stereocenters. The molecule has 222 valence electrons. The Morgan fingerprint density at radius 3 is 2.13 bits per heavy atom. The molecule has 0 amide bonds. The first kappa shape index (κ1) is 29.9. The summed E-state index contributed by atoms with van der Waals surface area (Å²) in [5.74, 6) is 0. The highest BCUT2D eigenvalue weighted by Crippen LogP contribution is 2.39. The summed E-state index contributed by atoms with van der Waals surface area (Å²) in [6, 6.07) is 46.1. The van der Waals surface area contributed by atoms with Crippen molar-refractivity contribution in [3.05, 3.63) is 173 Å². The van der Waals surface area contributed by atoms with Gasteiger partial charge < -0.3 is 4.90 Å². The van der Waals surface area contributed by atoms with Gasteiger partial charge in [0.05, 0.1) is 0 Å². The van der Waals surface area contributed by atoms with E-state index in [1.165, 1.54) is 49.7 Å². The predicted octanol–water partition coefficient (Wildman–Crippen LogP) is 12.6. The summed E-state index contributed by atoms with van der Waals surface area (Å²) in [6.45, 7) is 13.3. The Bertz CT molecular complexity index is 2010. The van der Waals surface area contributed by atoms with Gasteiger partial charge in [-0.3, -0.25) is 0 Å². The highest BCUT2D eigenvalue weighted by Gasteiger charge is 2.17. The molecule has 0 aromatic heterocycles. The van der Waals surface area contributed by atoms with Crippen LogP contribution in [0.1, 0.15) is 53.6 Å². The van der Waals surface area contributed by atoms with Crippen LogP contribution in [0.25, 0.3) is 33.5 Å². The van der Waals surface area contributed by atoms with E-state index >= 15 is 0 Å². The summed E-state index contributed by atoms with van der Waals surface area (Å²) in [7, 11) is 0. The van der Waals surface area contributed by atoms with E-state index in [2.05, 4.69) is 179 Å². The van der Waals surface area contributed by atoms with Crippen LogP contribution in [0.15, 0.2) is 140 Å². The summed E-state index contributed by atoms with van der Waals surface area (Å²) in [5, 5.41) is 2.63. The minimum atomic E-state index is 0.987. The zero-order valence-electron chi connectivity index (χ0n) is 26.8. The molecule has 6 rings (SSSR count). The Morgan fingerprint density at radius 1 is 0.689 bits per heavy atom. The molecule has 0 radical (unpaired) electrons. The SMILES string of the molecule is C=C(c1cccc(N(c2ccc(-c3cc4ccccc4c(CC)c3/C=C\CC)cc2)c2cccc(C)c2)c1)c1ccccc1C. The van der Waals surface area contributed by atoms with Crippen molar-refractivity contribution in [2.45, 2.75) is 40.5 Å². The lowest BCUT2D eigenvalue weighted by Gasteiger charge is -2.27. The molecule has 0 aliphatic rings. The van der Waals surface area contributed by atoms with E-state index in [1.807, 2.05) is 0 Å². The molecule has 6 aromatic carbocycles. The normalized spacial score (nSPS) is 11.3. The number of aryl methyl sites for hydroxylation is 3. The topological polar surface area (TPSA) is 3.24 Å². The third-order valence-electron chi connectivity index (χ3n) is 8.69. The van der Waals surface area contributed by atoms with Crippen LogP contribution in [0.4, 0.5) is 17.1 Å². The van der Waals surface area contributed by atoms with Crippen LogP contribution in [-0.2, 0) is 6.42 Å². The molecule has 0 aliphatic carbocycles. The van der Waals surface area contributed by atoms with Gasteiger partial charge in [-0.05, 0) is 130 Å². The Kier molecular flexibility index (Phi) is 8.80. The van der Waals surface area contributed by atoms with Crippen molar-refractivity contribution >= 4 is 39.5 Å². The van der Waals surface area contributed by atoms with Crippen LogP contribution < -0.4 is 4.90 Å². The molecule has 0 aliphatic heterocycles. The molecule has 0 saturated heterocycles. The van der Waals surface area contributed by atoms with Crippen LogP contribution >= 0.6 is 0 Å². The smallest absolute Gasteiger partial charge is 0.0467 e. The molecule has 0 saturated carbocycles. The molecule has 45 heavy (non-hydrogen) atoms. The van der Waals surface area contributed by atoms with Gasteiger partial charge in [-0.25, -0.2) is 0 Å². The number of hydrogen-bond donors (Lipinski definition) is 0. The van der Waals surface area contributed by atoms with E-state index in [9.17, 15) is 0 Å². The quantitative estimate of drug-likeness (QED) is 0.164. The van der Waals surface area contributed by atoms with Crippen LogP contribution in [0.5, 0.6) is 0 Å². The number of nitrogens with zero attached hydrogens (tertiary/aromatic N) is 1. The lowest BCUT2D eigenvalue weighted by atomic mass is 9.89. The molecule has 1 heteroatoms. The fourth-order valence-corrected chi connectivity index (χ4v) is 6.39. The van der Waals surface area contributed by atoms with Gasteiger partial charge in [-0.2, -0.15) is 0 Å². The van der Waals surface area contributed by atoms with E-state index in [0.717, 1.165) is 41.0 Å². The number of benzene rings is 6. The van der Waals surface area contributed by atoms with Crippen molar-refractivity contribution < 1.29 is 0 Å². The monoisotopic (exact) mass is 583 g/mol. The summed E-state index contributed by atoms with van der Waals surface area (Å²) >= 11 is 0. The summed E-state index contributed by atoms with van der Waals surface area (Å²) in [5.41, 5.74) is 14.4. The molecule has 0 atom stereocenters. The van der Waals surface area contributed by atoms with E-state index in [4.69, 9.17) is 0 Å². The van der Waals surface area contributed by atoms with Crippen LogP contribution in [0.2, 0.25) is 0 Å². The van der Waals surface area contributed by atoms with Crippen molar-refractivity contribution in [3.63, 3.8) is 0 Å². The van der Waals surface area contributed by atoms with Gasteiger partial charge >= 0.3 is 0 Å². The van der Waals surface area contributed by atoms with Gasteiger partial charge in [0.25, 0.3) is 0 Å². The minimum Gasteiger partial charge on any atom is -0.310 e. The molecule has 0 heterocycles. The highest BCUT2D eigenvalue weighted by atomic mass is 15.1. The number of allylic oxidation sites excluding steroid dienone is 1. The van der Waals surface area contributed by atoms with E-state index < -0.39 is 0 Å². The largest absolute Gasteiger partial charge is 0.310 e. The zero-order chi connectivity index (χ0) is 31.3. The third-order valence-corrected chi connectivity index (χ3v) is 8.69. The standard InChI is InChI=1S/C44H41N/c1-6-8-21-43-40(7-2)42-23-12-10-17-36(42)30-44(43)34-24-26-37(27-25-34)45(38-19-13-15-31(3)28-38)39-20-14-18-35(29-39)33(5)41-22-11-9-16-32(41)4/h8-30H,5-7H2,1-4H3/b21-8-. The number of rotatable bonds is 9. The summed E-state index contributed by atoms with van der Waals surface area (Å²) in [4.78, 5) is 2.35. The van der Waals surface area contributed by atoms with Crippen molar-refractivity contribution in [1.29, 1.82) is 0 Å². The van der Waals surface area contributed by atoms with E-state index in [1.54, 1.807) is 0 Å². The molecule has 0 fully saturated rings. The van der Waals surface area contributed by atoms with Crippen molar-refractivity contribution in [2.75, 3.05) is 4.90 Å². The van der Waals surface area contributed by atoms with Crippen molar-refractivity contribution in [3.8, 4) is 11.1 Å². The molecular formula is C44H41N. The minimum absolute atomic E-state index is 0.987. The average Bonchev–Trinajstić information content (AvgIpc) is 3.07. The number of hydrogen-bond acceptors (Lipinski definition) is 1. The maximum absolute atomic E-state index is 4.50. The summed E-state index contributed by atoms with van der Waals surface area (Å²) in [6.07, 6.45) is 6.59. The van der Waals surface area contributed by atoms with Gasteiger partial charge in [0.1, 0.15) is 0 Å². The maximum atomic E-state index is 4.50. The molecule has 6 aromatic rings. The van der Waals surface area contributed by atoms with Crippen LogP contribution in [0, 0.1) is 13.8 Å². The summed E-state index contributed by atoms with van der Waals surface area (Å²) < 4.78 is 0. The van der Waals surface area contributed by atoms with Crippen LogP contribution in [-0.4, -0.2) is 0 Å². The van der Waals surface area contributed by atoms with E-state index in [0.29, 0.717) is 0 Å². The van der Waals surface area contributed by atoms with E-state index in [-0.39, 0.29) is 0 Å². The van der Waals surface area contributed by atoms with Gasteiger partial charge in [-0.15, -0.1) is 0 Å². The zero-order valence-corrected chi connectivity index (χ0v) is 26.8. The van der Waals surface area contributed by atoms with Crippen LogP contribution in [0.3, 0.4) is 0 Å². The highest BCUT2D eigenvalue weighted by molar-refractivity contribution is 5.96. The number of anilines is 3. The fraction of sp³-hybridized carbons (Fsp3) is 0.136. The van der Waals surface area contributed by atoms with Gasteiger partial charge in [0.2, 0.25) is 0 Å². The third kappa shape index (κ3) is 6.12. The van der Waals surface area contributed by atoms with Gasteiger partial charge in [0, 0.05) is 17.1 Å². The second-order valence-corrected chi connectivity index (χ2v) is 11.8. The molecule has 0 spiro atoms. The Labute approximate surface area is 268 Å². The van der Waals surface area contributed by atoms with Crippen molar-refractivity contribution in [1.82, 2.24) is 0 Å². The second kappa shape index (κ2) is 13.2. The van der Waals surface area contributed by atoms with Gasteiger partial charge in [-0.1, -0.05) is 118 Å². The lowest BCUT2D eigenvalue weighted by molar-refractivity contribution is 1.15. The molecule has 1 nitrogen and oxygen atoms in total. The van der Waals surface area contributed by atoms with Crippen molar-refractivity contribution in [2.24, 2.45) is 0 Å². The first-order chi connectivity index (χ1) is 22.0. The van der Waals surface area contributed by atoms with Gasteiger partial charge in [0.15, 0.2) is 0 Å². The predicted molar refractivity (Wildman–Crippen MR) is 197 cm³/mol. The fourth-order valence-electron chi connectivity index (χ4n) is 6.39. The Balaban J connectivity index is 1.46. The Morgan fingerprint density at radius 2 is 1.40 bits per heavy atom. The molecule has 0 N–H and O–H groups in total. The maximum Gasteiger partial charge on any atom is 0.0467 e. The number of fused-ring (bicyclic) bond motifs is 1. The average molecular weight is 584 g/mol. The first-order valence-electron chi connectivity index (χ1n) is 16.0. The lowest BCUT2D eigenvalue weighted by Crippen LogP contribution is -2.10. The molecule has 0 bridgehead atoms.